The third-order valence-corrected chi connectivity index (χ3v) is 3.51. The van der Waals surface area contributed by atoms with E-state index in [4.69, 9.17) is 5.73 Å². The van der Waals surface area contributed by atoms with Gasteiger partial charge in [0.15, 0.2) is 0 Å². The van der Waals surface area contributed by atoms with Gasteiger partial charge >= 0.3 is 0 Å². The molecule has 1 heterocycles. The summed E-state index contributed by atoms with van der Waals surface area (Å²) >= 11 is 0. The van der Waals surface area contributed by atoms with Crippen molar-refractivity contribution in [2.45, 2.75) is 12.3 Å². The van der Waals surface area contributed by atoms with Gasteiger partial charge in [-0.2, -0.15) is 0 Å². The summed E-state index contributed by atoms with van der Waals surface area (Å²) in [5, 5.41) is 0. The van der Waals surface area contributed by atoms with E-state index < -0.39 is 0 Å². The molecule has 0 radical (unpaired) electrons. The molecular weight excluding hydrogens is 243 g/mol. The lowest BCUT2D eigenvalue weighted by Gasteiger charge is -2.03. The Morgan fingerprint density at radius 2 is 1.95 bits per heavy atom. The Labute approximate surface area is 110 Å². The zero-order valence-corrected chi connectivity index (χ0v) is 10.2. The van der Waals surface area contributed by atoms with Crippen molar-refractivity contribution in [1.29, 1.82) is 0 Å². The minimum atomic E-state index is -0.261. The molecule has 3 rings (SSSR count). The van der Waals surface area contributed by atoms with Gasteiger partial charge in [0.05, 0.1) is 5.69 Å². The zero-order valence-electron chi connectivity index (χ0n) is 10.2. The first kappa shape index (κ1) is 11.8. The molecule has 0 spiro atoms. The molecule has 19 heavy (non-hydrogen) atoms. The van der Waals surface area contributed by atoms with E-state index in [1.807, 2.05) is 12.1 Å². The number of nitrogens with two attached hydrogens (primary N) is 1. The standard InChI is InChI=1S/C15H13FN2O/c16-11-4-1-9(2-5-11)14-6-3-10(8-18-14)12-7-13(12)15(17)19/h1-6,8,12-13H,7H2,(H2,17,19). The number of pyridine rings is 1. The molecule has 1 amide bonds. The number of amides is 1. The number of rotatable bonds is 3. The summed E-state index contributed by atoms with van der Waals surface area (Å²) in [5.74, 6) is -0.332. The van der Waals surface area contributed by atoms with Gasteiger partial charge in [0.1, 0.15) is 5.82 Å². The molecule has 1 aliphatic rings. The Hall–Kier alpha value is -2.23. The summed E-state index contributed by atoms with van der Waals surface area (Å²) in [6.45, 7) is 0. The summed E-state index contributed by atoms with van der Waals surface area (Å²) in [7, 11) is 0. The van der Waals surface area contributed by atoms with Gasteiger partial charge in [-0.15, -0.1) is 0 Å². The quantitative estimate of drug-likeness (QED) is 0.917. The lowest BCUT2D eigenvalue weighted by atomic mass is 10.1. The number of primary amides is 1. The highest BCUT2D eigenvalue weighted by Gasteiger charge is 2.42. The van der Waals surface area contributed by atoms with Crippen LogP contribution in [0.5, 0.6) is 0 Å². The first-order chi connectivity index (χ1) is 9.15. The number of nitrogens with zero attached hydrogens (tertiary/aromatic N) is 1. The Morgan fingerprint density at radius 1 is 1.21 bits per heavy atom. The topological polar surface area (TPSA) is 56.0 Å². The minimum Gasteiger partial charge on any atom is -0.369 e. The third kappa shape index (κ3) is 2.34. The van der Waals surface area contributed by atoms with E-state index in [1.165, 1.54) is 12.1 Å². The Kier molecular flexibility index (Phi) is 2.78. The van der Waals surface area contributed by atoms with E-state index in [9.17, 15) is 9.18 Å². The van der Waals surface area contributed by atoms with E-state index >= 15 is 0 Å². The fraction of sp³-hybridized carbons (Fsp3) is 0.200. The number of carbonyl (C=O) groups excluding carboxylic acids is 1. The number of aromatic nitrogens is 1. The number of halogens is 1. The van der Waals surface area contributed by atoms with E-state index in [2.05, 4.69) is 4.98 Å². The van der Waals surface area contributed by atoms with Crippen LogP contribution in [0, 0.1) is 11.7 Å². The Balaban J connectivity index is 1.80. The van der Waals surface area contributed by atoms with Crippen LogP contribution in [0.15, 0.2) is 42.6 Å². The van der Waals surface area contributed by atoms with Crippen LogP contribution in [-0.4, -0.2) is 10.9 Å². The highest BCUT2D eigenvalue weighted by molar-refractivity contribution is 5.81. The maximum atomic E-state index is 12.8. The lowest BCUT2D eigenvalue weighted by molar-refractivity contribution is -0.119. The predicted octanol–water partition coefficient (Wildman–Crippen LogP) is 2.48. The fourth-order valence-electron chi connectivity index (χ4n) is 2.29. The molecule has 2 N–H and O–H groups in total. The molecule has 2 unspecified atom stereocenters. The molecular formula is C15H13FN2O. The monoisotopic (exact) mass is 256 g/mol. The van der Waals surface area contributed by atoms with Crippen molar-refractivity contribution < 1.29 is 9.18 Å². The molecule has 2 aromatic rings. The fourth-order valence-corrected chi connectivity index (χ4v) is 2.29. The van der Waals surface area contributed by atoms with Crippen molar-refractivity contribution in [3.63, 3.8) is 0 Å². The van der Waals surface area contributed by atoms with Crippen LogP contribution in [0.25, 0.3) is 11.3 Å². The predicted molar refractivity (Wildman–Crippen MR) is 69.7 cm³/mol. The van der Waals surface area contributed by atoms with Gasteiger partial charge in [-0.3, -0.25) is 9.78 Å². The van der Waals surface area contributed by atoms with Gasteiger partial charge in [-0.1, -0.05) is 6.07 Å². The van der Waals surface area contributed by atoms with E-state index in [0.717, 1.165) is 23.2 Å². The molecule has 4 heteroatoms. The summed E-state index contributed by atoms with van der Waals surface area (Å²) < 4.78 is 12.8. The van der Waals surface area contributed by atoms with Crippen LogP contribution in [0.4, 0.5) is 4.39 Å². The van der Waals surface area contributed by atoms with E-state index in [0.29, 0.717) is 0 Å². The van der Waals surface area contributed by atoms with Crippen molar-refractivity contribution in [3.8, 4) is 11.3 Å². The molecule has 0 saturated heterocycles. The number of hydrogen-bond donors (Lipinski definition) is 1. The summed E-state index contributed by atoms with van der Waals surface area (Å²) in [5.41, 5.74) is 7.96. The molecule has 96 valence electrons. The number of hydrogen-bond acceptors (Lipinski definition) is 2. The van der Waals surface area contributed by atoms with Crippen molar-refractivity contribution in [1.82, 2.24) is 4.98 Å². The van der Waals surface area contributed by atoms with Crippen LogP contribution in [0.2, 0.25) is 0 Å². The van der Waals surface area contributed by atoms with Crippen LogP contribution in [0.1, 0.15) is 17.9 Å². The largest absolute Gasteiger partial charge is 0.369 e. The van der Waals surface area contributed by atoms with Gasteiger partial charge in [-0.25, -0.2) is 4.39 Å². The van der Waals surface area contributed by atoms with Gasteiger partial charge in [0, 0.05) is 17.7 Å². The molecule has 1 aromatic carbocycles. The molecule has 1 aromatic heterocycles. The molecule has 3 nitrogen and oxygen atoms in total. The number of benzene rings is 1. The first-order valence-electron chi connectivity index (χ1n) is 6.16. The average molecular weight is 256 g/mol. The third-order valence-electron chi connectivity index (χ3n) is 3.51. The van der Waals surface area contributed by atoms with Crippen molar-refractivity contribution in [3.05, 3.63) is 54.0 Å². The molecule has 0 bridgehead atoms. The average Bonchev–Trinajstić information content (AvgIpc) is 3.20. The molecule has 1 aliphatic carbocycles. The maximum Gasteiger partial charge on any atom is 0.221 e. The smallest absolute Gasteiger partial charge is 0.221 e. The van der Waals surface area contributed by atoms with Gasteiger partial charge < -0.3 is 5.73 Å². The number of carbonyl (C=O) groups is 1. The van der Waals surface area contributed by atoms with Crippen LogP contribution < -0.4 is 5.73 Å². The summed E-state index contributed by atoms with van der Waals surface area (Å²) in [4.78, 5) is 15.4. The lowest BCUT2D eigenvalue weighted by Crippen LogP contribution is -2.13. The van der Waals surface area contributed by atoms with Crippen LogP contribution in [-0.2, 0) is 4.79 Å². The van der Waals surface area contributed by atoms with Crippen molar-refractivity contribution in [2.75, 3.05) is 0 Å². The van der Waals surface area contributed by atoms with Crippen molar-refractivity contribution in [2.24, 2.45) is 11.7 Å². The summed E-state index contributed by atoms with van der Waals surface area (Å²) in [6, 6.07) is 10.1. The molecule has 2 atom stereocenters. The second kappa shape index (κ2) is 4.46. The highest BCUT2D eigenvalue weighted by atomic mass is 19.1. The van der Waals surface area contributed by atoms with Crippen molar-refractivity contribution >= 4 is 5.91 Å². The highest BCUT2D eigenvalue weighted by Crippen LogP contribution is 2.47. The molecule has 1 fully saturated rings. The maximum absolute atomic E-state index is 12.8. The molecule has 0 aliphatic heterocycles. The Morgan fingerprint density at radius 3 is 2.47 bits per heavy atom. The minimum absolute atomic E-state index is 0.0431. The van der Waals surface area contributed by atoms with E-state index in [1.54, 1.807) is 18.3 Å². The van der Waals surface area contributed by atoms with Gasteiger partial charge in [-0.05, 0) is 48.2 Å². The zero-order chi connectivity index (χ0) is 13.4. The normalized spacial score (nSPS) is 21.1. The van der Waals surface area contributed by atoms with Gasteiger partial charge in [0.2, 0.25) is 5.91 Å². The van der Waals surface area contributed by atoms with E-state index in [-0.39, 0.29) is 23.6 Å². The first-order valence-corrected chi connectivity index (χ1v) is 6.16. The van der Waals surface area contributed by atoms with Crippen LogP contribution in [0.3, 0.4) is 0 Å². The van der Waals surface area contributed by atoms with Gasteiger partial charge in [0.25, 0.3) is 0 Å². The van der Waals surface area contributed by atoms with Crippen LogP contribution >= 0.6 is 0 Å². The molecule has 1 saturated carbocycles. The second-order valence-corrected chi connectivity index (χ2v) is 4.83. The SMILES string of the molecule is NC(=O)C1CC1c1ccc(-c2ccc(F)cc2)nc1. The summed E-state index contributed by atoms with van der Waals surface area (Å²) in [6.07, 6.45) is 2.58. The second-order valence-electron chi connectivity index (χ2n) is 4.83. The Bertz CT molecular complexity index is 607.